The lowest BCUT2D eigenvalue weighted by Gasteiger charge is -2.28. The van der Waals surface area contributed by atoms with E-state index in [9.17, 15) is 22.8 Å². The maximum absolute atomic E-state index is 13.7. The number of aromatic nitrogens is 3. The Bertz CT molecular complexity index is 1500. The predicted octanol–water partition coefficient (Wildman–Crippen LogP) is 3.82. The van der Waals surface area contributed by atoms with Gasteiger partial charge in [-0.2, -0.15) is 13.2 Å². The predicted molar refractivity (Wildman–Crippen MR) is 149 cm³/mol. The van der Waals surface area contributed by atoms with E-state index in [4.69, 9.17) is 4.74 Å². The molecule has 0 saturated carbocycles. The van der Waals surface area contributed by atoms with E-state index in [0.717, 1.165) is 47.8 Å². The molecule has 0 spiro atoms. The highest BCUT2D eigenvalue weighted by Gasteiger charge is 2.36. The number of urea groups is 1. The smallest absolute Gasteiger partial charge is 0.378 e. The molecule has 2 aromatic heterocycles. The van der Waals surface area contributed by atoms with Gasteiger partial charge in [-0.1, -0.05) is 24.3 Å². The Morgan fingerprint density at radius 3 is 2.48 bits per heavy atom. The first kappa shape index (κ1) is 28.0. The lowest BCUT2D eigenvalue weighted by atomic mass is 10.0. The standard InChI is InChI=1S/C29H32F3N7O3/c30-29(31,32)24-12-11-23-26(37-15-17-42-18-16-37)35-25(36-39(23)24)19-3-7-21(8-4-19)33-28(41)34-22-9-5-20(6-10-22)27(40)38-13-1-2-14-38/h3-5,7,9,11-12,21H,1-2,6,8,10,13-18H2,(H2,33,34,41). The van der Waals surface area contributed by atoms with Crippen LogP contribution >= 0.6 is 0 Å². The van der Waals surface area contributed by atoms with Crippen LogP contribution in [0.3, 0.4) is 0 Å². The number of anilines is 1. The van der Waals surface area contributed by atoms with Crippen LogP contribution in [0.2, 0.25) is 0 Å². The number of hydrogen-bond acceptors (Lipinski definition) is 6. The van der Waals surface area contributed by atoms with Crippen LogP contribution in [0.5, 0.6) is 0 Å². The fraction of sp³-hybridized carbons (Fsp3) is 0.448. The Labute approximate surface area is 240 Å². The second-order valence-electron chi connectivity index (χ2n) is 10.7. The highest BCUT2D eigenvalue weighted by molar-refractivity contribution is 5.94. The van der Waals surface area contributed by atoms with Crippen LogP contribution in [0.4, 0.5) is 23.8 Å². The van der Waals surface area contributed by atoms with Gasteiger partial charge in [-0.3, -0.25) is 4.79 Å². The number of halogens is 3. The first-order valence-electron chi connectivity index (χ1n) is 14.2. The number of allylic oxidation sites excluding steroid dienone is 5. The van der Waals surface area contributed by atoms with Crippen LogP contribution in [-0.2, 0) is 15.7 Å². The average molecular weight is 584 g/mol. The number of ether oxygens (including phenoxy) is 1. The van der Waals surface area contributed by atoms with E-state index in [-0.39, 0.29) is 29.3 Å². The van der Waals surface area contributed by atoms with Crippen LogP contribution < -0.4 is 15.5 Å². The van der Waals surface area contributed by atoms with Gasteiger partial charge in [-0.25, -0.2) is 14.3 Å². The lowest BCUT2D eigenvalue weighted by molar-refractivity contribution is -0.142. The summed E-state index contributed by atoms with van der Waals surface area (Å²) in [6, 6.07) is 1.72. The lowest BCUT2D eigenvalue weighted by Crippen LogP contribution is -2.41. The molecule has 2 aliphatic carbocycles. The highest BCUT2D eigenvalue weighted by atomic mass is 19.4. The number of rotatable bonds is 5. The van der Waals surface area contributed by atoms with E-state index in [1.54, 1.807) is 24.3 Å². The number of nitrogens with zero attached hydrogens (tertiary/aromatic N) is 5. The maximum Gasteiger partial charge on any atom is 0.433 e. The number of alkyl halides is 3. The molecular weight excluding hydrogens is 551 g/mol. The van der Waals surface area contributed by atoms with Gasteiger partial charge >= 0.3 is 12.2 Å². The van der Waals surface area contributed by atoms with E-state index in [1.807, 2.05) is 15.9 Å². The van der Waals surface area contributed by atoms with E-state index in [1.165, 1.54) is 6.07 Å². The molecule has 10 nitrogen and oxygen atoms in total. The highest BCUT2D eigenvalue weighted by Crippen LogP contribution is 2.33. The number of amides is 3. The summed E-state index contributed by atoms with van der Waals surface area (Å²) in [5.41, 5.74) is 1.47. The van der Waals surface area contributed by atoms with Crippen molar-refractivity contribution in [3.05, 3.63) is 65.3 Å². The summed E-state index contributed by atoms with van der Waals surface area (Å²) in [5, 5.41) is 10.0. The van der Waals surface area contributed by atoms with E-state index in [2.05, 4.69) is 20.7 Å². The largest absolute Gasteiger partial charge is 0.433 e. The molecule has 13 heteroatoms. The van der Waals surface area contributed by atoms with Crippen molar-refractivity contribution in [2.24, 2.45) is 0 Å². The molecule has 4 heterocycles. The molecular formula is C29H32F3N7O3. The molecule has 0 bridgehead atoms. The van der Waals surface area contributed by atoms with E-state index < -0.39 is 11.9 Å². The minimum atomic E-state index is -4.58. The van der Waals surface area contributed by atoms with Crippen molar-refractivity contribution in [1.82, 2.24) is 30.1 Å². The zero-order chi connectivity index (χ0) is 29.3. The Morgan fingerprint density at radius 1 is 1.02 bits per heavy atom. The number of hydrogen-bond donors (Lipinski definition) is 2. The van der Waals surface area contributed by atoms with E-state index >= 15 is 0 Å². The van der Waals surface area contributed by atoms with Gasteiger partial charge in [0.25, 0.3) is 0 Å². The zero-order valence-electron chi connectivity index (χ0n) is 23.0. The van der Waals surface area contributed by atoms with Gasteiger partial charge in [0.1, 0.15) is 11.2 Å². The van der Waals surface area contributed by atoms with Gasteiger partial charge in [0.2, 0.25) is 5.91 Å². The fourth-order valence-electron chi connectivity index (χ4n) is 5.61. The molecule has 2 aliphatic heterocycles. The molecule has 1 unspecified atom stereocenters. The molecule has 42 heavy (non-hydrogen) atoms. The Balaban J connectivity index is 1.12. The van der Waals surface area contributed by atoms with Crippen molar-refractivity contribution >= 4 is 28.8 Å². The summed E-state index contributed by atoms with van der Waals surface area (Å²) >= 11 is 0. The van der Waals surface area contributed by atoms with Gasteiger partial charge in [-0.05, 0) is 50.3 Å². The van der Waals surface area contributed by atoms with Crippen molar-refractivity contribution in [3.63, 3.8) is 0 Å². The normalized spacial score (nSPS) is 21.2. The van der Waals surface area contributed by atoms with Crippen molar-refractivity contribution in [2.45, 2.75) is 44.3 Å². The minimum Gasteiger partial charge on any atom is -0.378 e. The number of nitrogens with one attached hydrogen (secondary N) is 2. The zero-order valence-corrected chi connectivity index (χ0v) is 23.0. The first-order valence-corrected chi connectivity index (χ1v) is 14.2. The van der Waals surface area contributed by atoms with Crippen molar-refractivity contribution < 1.29 is 27.5 Å². The Morgan fingerprint density at radius 2 is 1.81 bits per heavy atom. The van der Waals surface area contributed by atoms with Crippen molar-refractivity contribution in [3.8, 4) is 0 Å². The molecule has 4 aliphatic rings. The molecule has 2 fully saturated rings. The summed E-state index contributed by atoms with van der Waals surface area (Å²) in [7, 11) is 0. The van der Waals surface area contributed by atoms with Gasteiger partial charge in [0, 0.05) is 43.0 Å². The topological polar surface area (TPSA) is 104 Å². The van der Waals surface area contributed by atoms with Gasteiger partial charge in [0.05, 0.1) is 19.3 Å². The van der Waals surface area contributed by atoms with E-state index in [0.29, 0.717) is 57.0 Å². The van der Waals surface area contributed by atoms with Gasteiger partial charge < -0.3 is 25.2 Å². The third kappa shape index (κ3) is 5.91. The Hall–Kier alpha value is -4.13. The molecule has 0 radical (unpaired) electrons. The van der Waals surface area contributed by atoms with Crippen molar-refractivity contribution in [1.29, 1.82) is 0 Å². The second-order valence-corrected chi connectivity index (χ2v) is 10.7. The quantitative estimate of drug-likeness (QED) is 0.555. The summed E-state index contributed by atoms with van der Waals surface area (Å²) in [4.78, 5) is 33.7. The molecule has 1 atom stereocenters. The number of carbonyl (C=O) groups excluding carboxylic acids is 2. The second kappa shape index (κ2) is 11.6. The monoisotopic (exact) mass is 583 g/mol. The number of likely N-dealkylation sites (tertiary alicyclic amines) is 1. The molecule has 3 amide bonds. The Kier molecular flexibility index (Phi) is 7.76. The molecule has 222 valence electrons. The third-order valence-electron chi connectivity index (χ3n) is 7.86. The van der Waals surface area contributed by atoms with Crippen LogP contribution in [0.25, 0.3) is 11.1 Å². The third-order valence-corrected chi connectivity index (χ3v) is 7.86. The van der Waals surface area contributed by atoms with Gasteiger partial charge in [-0.15, -0.1) is 5.10 Å². The van der Waals surface area contributed by atoms with Crippen molar-refractivity contribution in [2.75, 3.05) is 44.3 Å². The van der Waals surface area contributed by atoms with Crippen LogP contribution in [0.15, 0.2) is 53.8 Å². The first-order chi connectivity index (χ1) is 20.3. The summed E-state index contributed by atoms with van der Waals surface area (Å²) in [5.74, 6) is 0.671. The molecule has 2 N–H and O–H groups in total. The van der Waals surface area contributed by atoms with Gasteiger partial charge in [0.15, 0.2) is 11.6 Å². The molecule has 6 rings (SSSR count). The SMILES string of the molecule is O=C(NC1=CC=C(C(=O)N2CCCC2)CC1)NC1C=CC(c2nc(N3CCOCC3)c3ccc(C(F)(F)F)n3n2)=CC1. The molecule has 2 aromatic rings. The number of morpholine rings is 1. The minimum absolute atomic E-state index is 0.0776. The van der Waals surface area contributed by atoms with Crippen LogP contribution in [0.1, 0.15) is 43.6 Å². The fourth-order valence-corrected chi connectivity index (χ4v) is 5.61. The summed E-state index contributed by atoms with van der Waals surface area (Å²) in [6.45, 7) is 3.54. The summed E-state index contributed by atoms with van der Waals surface area (Å²) < 4.78 is 47.6. The van der Waals surface area contributed by atoms with Crippen LogP contribution in [0, 0.1) is 0 Å². The molecule has 2 saturated heterocycles. The van der Waals surface area contributed by atoms with Crippen LogP contribution in [-0.4, -0.2) is 76.9 Å². The number of fused-ring (bicyclic) bond motifs is 1. The average Bonchev–Trinajstić information content (AvgIpc) is 3.68. The molecule has 0 aromatic carbocycles. The number of carbonyl (C=O) groups is 2. The summed E-state index contributed by atoms with van der Waals surface area (Å²) in [6.07, 6.45) is 7.92. The maximum atomic E-state index is 13.7.